The summed E-state index contributed by atoms with van der Waals surface area (Å²) < 4.78 is 6.89. The lowest BCUT2D eigenvalue weighted by Gasteiger charge is -2.05. The van der Waals surface area contributed by atoms with Crippen LogP contribution in [-0.2, 0) is 16.1 Å². The number of aliphatic carboxylic acids is 1. The largest absolute Gasteiger partial charge is 0.550 e. The molecule has 1 aromatic carbocycles. The van der Waals surface area contributed by atoms with Gasteiger partial charge in [-0.15, -0.1) is 0 Å². The maximum atomic E-state index is 11.7. The summed E-state index contributed by atoms with van der Waals surface area (Å²) in [6, 6.07) is 9.04. The van der Waals surface area contributed by atoms with Crippen molar-refractivity contribution in [2.24, 2.45) is 0 Å². The lowest BCUT2D eigenvalue weighted by molar-refractivity contribution is -0.305. The highest BCUT2D eigenvalue weighted by Gasteiger charge is 2.05. The lowest BCUT2D eigenvalue weighted by Crippen LogP contribution is -2.22. The van der Waals surface area contributed by atoms with Gasteiger partial charge in [0.2, 0.25) is 0 Å². The number of aryl methyl sites for hydroxylation is 1. The minimum atomic E-state index is -1.08. The molecule has 1 amide bonds. The van der Waals surface area contributed by atoms with E-state index >= 15 is 0 Å². The summed E-state index contributed by atoms with van der Waals surface area (Å²) in [6.07, 6.45) is 3.54. The van der Waals surface area contributed by atoms with Crippen molar-refractivity contribution in [1.29, 1.82) is 0 Å². The van der Waals surface area contributed by atoms with E-state index in [1.165, 1.54) is 6.20 Å². The number of carbonyl (C=O) groups excluding carboxylic acids is 2. The molecule has 0 atom stereocenters. The van der Waals surface area contributed by atoms with E-state index in [2.05, 4.69) is 10.4 Å². The van der Waals surface area contributed by atoms with E-state index in [0.717, 1.165) is 0 Å². The van der Waals surface area contributed by atoms with Crippen LogP contribution >= 0.6 is 0 Å². The second-order valence-electron chi connectivity index (χ2n) is 4.62. The zero-order chi connectivity index (χ0) is 15.8. The first-order valence-electron chi connectivity index (χ1n) is 6.83. The number of carboxylic acid groups (broad SMARTS) is 1. The Balaban J connectivity index is 1.75. The summed E-state index contributed by atoms with van der Waals surface area (Å²) in [6.45, 7) is 0.351. The van der Waals surface area contributed by atoms with Crippen LogP contribution in [0.4, 0.5) is 5.69 Å². The van der Waals surface area contributed by atoms with Gasteiger partial charge in [-0.25, -0.2) is 0 Å². The van der Waals surface area contributed by atoms with Gasteiger partial charge < -0.3 is 20.0 Å². The van der Waals surface area contributed by atoms with Crippen molar-refractivity contribution in [3.63, 3.8) is 0 Å². The van der Waals surface area contributed by atoms with Gasteiger partial charge in [0.1, 0.15) is 5.75 Å². The van der Waals surface area contributed by atoms with Crippen LogP contribution in [0.3, 0.4) is 0 Å². The van der Waals surface area contributed by atoms with Crippen LogP contribution in [-0.4, -0.2) is 28.3 Å². The highest BCUT2D eigenvalue weighted by atomic mass is 16.5. The summed E-state index contributed by atoms with van der Waals surface area (Å²) in [7, 11) is 0. The summed E-state index contributed by atoms with van der Waals surface area (Å²) in [5.41, 5.74) is 0.537. The molecule has 0 bridgehead atoms. The molecule has 1 aromatic heterocycles. The number of rotatable bonds is 8. The van der Waals surface area contributed by atoms with E-state index in [1.807, 2.05) is 18.2 Å². The van der Waals surface area contributed by atoms with E-state index in [4.69, 9.17) is 4.74 Å². The molecule has 0 aliphatic carbocycles. The second kappa shape index (κ2) is 7.82. The van der Waals surface area contributed by atoms with Crippen LogP contribution < -0.4 is 15.2 Å². The Kier molecular flexibility index (Phi) is 5.53. The summed E-state index contributed by atoms with van der Waals surface area (Å²) in [5.74, 6) is -0.757. The van der Waals surface area contributed by atoms with Crippen molar-refractivity contribution < 1.29 is 19.4 Å². The van der Waals surface area contributed by atoms with Gasteiger partial charge in [0.15, 0.2) is 6.61 Å². The fraction of sp³-hybridized carbons (Fsp3) is 0.267. The number of carbonyl (C=O) groups is 2. The summed E-state index contributed by atoms with van der Waals surface area (Å²) >= 11 is 0. The van der Waals surface area contributed by atoms with E-state index in [1.54, 1.807) is 23.0 Å². The van der Waals surface area contributed by atoms with E-state index in [-0.39, 0.29) is 18.9 Å². The Morgan fingerprint density at radius 1 is 1.27 bits per heavy atom. The lowest BCUT2D eigenvalue weighted by atomic mass is 10.3. The molecule has 0 saturated carbocycles. The molecule has 7 heteroatoms. The fourth-order valence-corrected chi connectivity index (χ4v) is 1.80. The maximum absolute atomic E-state index is 11.7. The Morgan fingerprint density at radius 2 is 2.05 bits per heavy atom. The SMILES string of the molecule is O=C([O-])CCCn1cc(NC(=O)COc2ccccc2)cn1. The number of para-hydroxylation sites is 1. The number of aromatic nitrogens is 2. The van der Waals surface area contributed by atoms with Crippen molar-refractivity contribution in [3.8, 4) is 5.75 Å². The number of amides is 1. The van der Waals surface area contributed by atoms with Gasteiger partial charge in [-0.2, -0.15) is 5.10 Å². The van der Waals surface area contributed by atoms with Crippen LogP contribution in [0.1, 0.15) is 12.8 Å². The van der Waals surface area contributed by atoms with Crippen molar-refractivity contribution in [2.45, 2.75) is 19.4 Å². The molecule has 1 N–H and O–H groups in total. The first kappa shape index (κ1) is 15.6. The summed E-state index contributed by atoms with van der Waals surface area (Å²) in [4.78, 5) is 22.1. The van der Waals surface area contributed by atoms with Crippen molar-refractivity contribution >= 4 is 17.6 Å². The molecule has 0 aliphatic heterocycles. The number of benzene rings is 1. The third kappa shape index (κ3) is 5.28. The topological polar surface area (TPSA) is 96.3 Å². The molecular weight excluding hydrogens is 286 g/mol. The van der Waals surface area contributed by atoms with Gasteiger partial charge in [0.25, 0.3) is 5.91 Å². The molecular formula is C15H16N3O4-. The minimum absolute atomic E-state index is 0.0214. The second-order valence-corrected chi connectivity index (χ2v) is 4.62. The molecule has 0 aliphatic rings. The molecule has 0 spiro atoms. The van der Waals surface area contributed by atoms with Gasteiger partial charge in [-0.1, -0.05) is 18.2 Å². The highest BCUT2D eigenvalue weighted by molar-refractivity contribution is 5.91. The van der Waals surface area contributed by atoms with Gasteiger partial charge in [-0.05, 0) is 25.0 Å². The Bertz CT molecular complexity index is 625. The number of anilines is 1. The molecule has 0 saturated heterocycles. The average Bonchev–Trinajstić information content (AvgIpc) is 2.93. The molecule has 0 unspecified atom stereocenters. The van der Waals surface area contributed by atoms with E-state index in [0.29, 0.717) is 24.4 Å². The first-order chi connectivity index (χ1) is 10.6. The zero-order valence-corrected chi connectivity index (χ0v) is 11.9. The summed E-state index contributed by atoms with van der Waals surface area (Å²) in [5, 5.41) is 17.0. The quantitative estimate of drug-likeness (QED) is 0.763. The molecule has 7 nitrogen and oxygen atoms in total. The average molecular weight is 302 g/mol. The third-order valence-electron chi connectivity index (χ3n) is 2.80. The van der Waals surface area contributed by atoms with Crippen LogP contribution in [0.25, 0.3) is 0 Å². The Hall–Kier alpha value is -2.83. The smallest absolute Gasteiger partial charge is 0.262 e. The molecule has 2 aromatic rings. The van der Waals surface area contributed by atoms with Crippen molar-refractivity contribution in [2.75, 3.05) is 11.9 Å². The number of hydrogen-bond donors (Lipinski definition) is 1. The van der Waals surface area contributed by atoms with Crippen LogP contribution in [0.2, 0.25) is 0 Å². The van der Waals surface area contributed by atoms with Crippen LogP contribution in [0.5, 0.6) is 5.75 Å². The van der Waals surface area contributed by atoms with Gasteiger partial charge in [0, 0.05) is 18.7 Å². The van der Waals surface area contributed by atoms with Gasteiger partial charge >= 0.3 is 0 Å². The Labute approximate surface area is 127 Å². The number of nitrogens with zero attached hydrogens (tertiary/aromatic N) is 2. The number of carboxylic acids is 1. The number of hydrogen-bond acceptors (Lipinski definition) is 5. The number of ether oxygens (including phenoxy) is 1. The van der Waals surface area contributed by atoms with Gasteiger partial charge in [-0.3, -0.25) is 9.48 Å². The normalized spacial score (nSPS) is 10.2. The highest BCUT2D eigenvalue weighted by Crippen LogP contribution is 2.09. The minimum Gasteiger partial charge on any atom is -0.550 e. The molecule has 2 rings (SSSR count). The predicted octanol–water partition coefficient (Wildman–Crippen LogP) is 0.431. The molecule has 0 radical (unpaired) electrons. The van der Waals surface area contributed by atoms with Crippen LogP contribution in [0.15, 0.2) is 42.7 Å². The first-order valence-corrected chi connectivity index (χ1v) is 6.83. The standard InChI is InChI=1S/C15H17N3O4/c19-14(11-22-13-5-2-1-3-6-13)17-12-9-16-18(10-12)8-4-7-15(20)21/h1-3,5-6,9-10H,4,7-8,11H2,(H,17,19)(H,20,21)/p-1. The van der Waals surface area contributed by atoms with E-state index in [9.17, 15) is 14.7 Å². The predicted molar refractivity (Wildman–Crippen MR) is 77.0 cm³/mol. The molecule has 0 fully saturated rings. The monoisotopic (exact) mass is 302 g/mol. The molecule has 1 heterocycles. The van der Waals surface area contributed by atoms with Gasteiger partial charge in [0.05, 0.1) is 11.9 Å². The zero-order valence-electron chi connectivity index (χ0n) is 11.9. The maximum Gasteiger partial charge on any atom is 0.262 e. The van der Waals surface area contributed by atoms with Crippen LogP contribution in [0, 0.1) is 0 Å². The fourth-order valence-electron chi connectivity index (χ4n) is 1.80. The van der Waals surface area contributed by atoms with Crippen molar-refractivity contribution in [1.82, 2.24) is 9.78 Å². The molecule has 116 valence electrons. The van der Waals surface area contributed by atoms with E-state index < -0.39 is 5.97 Å². The third-order valence-corrected chi connectivity index (χ3v) is 2.80. The Morgan fingerprint density at radius 3 is 2.77 bits per heavy atom. The van der Waals surface area contributed by atoms with Crippen molar-refractivity contribution in [3.05, 3.63) is 42.7 Å². The molecule has 22 heavy (non-hydrogen) atoms. The number of nitrogens with one attached hydrogen (secondary N) is 1.